The van der Waals surface area contributed by atoms with E-state index in [2.05, 4.69) is 10.3 Å². The highest BCUT2D eigenvalue weighted by Crippen LogP contribution is 2.32. The van der Waals surface area contributed by atoms with Gasteiger partial charge in [-0.25, -0.2) is 4.98 Å². The minimum atomic E-state index is -0.440. The maximum absolute atomic E-state index is 11.3. The predicted octanol–water partition coefficient (Wildman–Crippen LogP) is 5.73. The summed E-state index contributed by atoms with van der Waals surface area (Å²) in [7, 11) is 0. The number of anilines is 1. The summed E-state index contributed by atoms with van der Waals surface area (Å²) in [6.45, 7) is 4.36. The Balaban J connectivity index is 1.86. The molecule has 0 saturated carbocycles. The van der Waals surface area contributed by atoms with E-state index in [9.17, 15) is 10.1 Å². The van der Waals surface area contributed by atoms with Gasteiger partial charge in [0, 0.05) is 28.9 Å². The number of nitro groups is 1. The Morgan fingerprint density at radius 3 is 2.77 bits per heavy atom. The Morgan fingerprint density at radius 1 is 1.27 bits per heavy atom. The zero-order valence-corrected chi connectivity index (χ0v) is 15.7. The molecular weight excluding hydrogens is 374 g/mol. The topological polar surface area (TPSA) is 77.3 Å². The van der Waals surface area contributed by atoms with E-state index < -0.39 is 4.92 Å². The summed E-state index contributed by atoms with van der Waals surface area (Å²) in [5, 5.41) is 14.4. The maximum atomic E-state index is 11.3. The number of aryl methyl sites for hydroxylation is 2. The fourth-order valence-electron chi connectivity index (χ4n) is 2.35. The summed E-state index contributed by atoms with van der Waals surface area (Å²) in [5.74, 6) is 1.07. The molecule has 3 aromatic rings. The Kier molecular flexibility index (Phi) is 5.39. The molecule has 0 radical (unpaired) electrons. The van der Waals surface area contributed by atoms with E-state index in [1.165, 1.54) is 23.5 Å². The van der Waals surface area contributed by atoms with Crippen molar-refractivity contribution in [2.75, 3.05) is 5.32 Å². The number of benzene rings is 2. The van der Waals surface area contributed by atoms with Crippen molar-refractivity contribution in [3.8, 4) is 11.5 Å². The molecule has 6 nitrogen and oxygen atoms in total. The lowest BCUT2D eigenvalue weighted by Gasteiger charge is -2.12. The number of aromatic nitrogens is 1. The van der Waals surface area contributed by atoms with Gasteiger partial charge in [-0.15, -0.1) is 11.3 Å². The van der Waals surface area contributed by atoms with Gasteiger partial charge < -0.3 is 10.1 Å². The number of nitro benzene ring substituents is 1. The van der Waals surface area contributed by atoms with Gasteiger partial charge in [0.05, 0.1) is 17.5 Å². The molecule has 3 rings (SSSR count). The second kappa shape index (κ2) is 7.72. The lowest BCUT2D eigenvalue weighted by atomic mass is 10.1. The largest absolute Gasteiger partial charge is 0.457 e. The molecule has 0 amide bonds. The van der Waals surface area contributed by atoms with Crippen LogP contribution >= 0.6 is 22.9 Å². The number of rotatable bonds is 6. The number of nitrogens with zero attached hydrogens (tertiary/aromatic N) is 2. The van der Waals surface area contributed by atoms with Crippen molar-refractivity contribution < 1.29 is 9.66 Å². The van der Waals surface area contributed by atoms with Gasteiger partial charge in [-0.05, 0) is 31.0 Å². The van der Waals surface area contributed by atoms with Gasteiger partial charge >= 0.3 is 0 Å². The van der Waals surface area contributed by atoms with Crippen LogP contribution in [0.1, 0.15) is 16.0 Å². The molecule has 0 aliphatic carbocycles. The van der Waals surface area contributed by atoms with Crippen LogP contribution in [0.5, 0.6) is 11.5 Å². The average Bonchev–Trinajstić information content (AvgIpc) is 3.01. The average molecular weight is 390 g/mol. The van der Waals surface area contributed by atoms with E-state index in [4.69, 9.17) is 16.3 Å². The molecule has 0 spiro atoms. The van der Waals surface area contributed by atoms with E-state index in [-0.39, 0.29) is 5.69 Å². The molecular formula is C18H16ClN3O3S. The van der Waals surface area contributed by atoms with Crippen molar-refractivity contribution in [3.05, 3.63) is 73.2 Å². The minimum Gasteiger partial charge on any atom is -0.457 e. The molecule has 0 bridgehead atoms. The fourth-order valence-corrected chi connectivity index (χ4v) is 3.27. The molecule has 0 saturated heterocycles. The molecule has 0 atom stereocenters. The third-order valence-corrected chi connectivity index (χ3v) is 4.78. The van der Waals surface area contributed by atoms with Gasteiger partial charge in [-0.1, -0.05) is 23.7 Å². The first-order valence-electron chi connectivity index (χ1n) is 7.79. The Morgan fingerprint density at radius 2 is 2.08 bits per heavy atom. The highest BCUT2D eigenvalue weighted by atomic mass is 35.5. The van der Waals surface area contributed by atoms with E-state index in [0.717, 1.165) is 16.0 Å². The second-order valence-electron chi connectivity index (χ2n) is 5.78. The first-order valence-corrected chi connectivity index (χ1v) is 8.99. The van der Waals surface area contributed by atoms with Crippen LogP contribution in [0.15, 0.2) is 42.6 Å². The van der Waals surface area contributed by atoms with E-state index >= 15 is 0 Å². The molecule has 1 N–H and O–H groups in total. The number of non-ortho nitro benzene ring substituents is 1. The summed E-state index contributed by atoms with van der Waals surface area (Å²) in [5.41, 5.74) is 2.55. The molecule has 8 heteroatoms. The van der Waals surface area contributed by atoms with Crippen molar-refractivity contribution >= 4 is 34.3 Å². The monoisotopic (exact) mass is 389 g/mol. The van der Waals surface area contributed by atoms with Crippen LogP contribution < -0.4 is 10.1 Å². The number of thiazole rings is 1. The predicted molar refractivity (Wildman–Crippen MR) is 104 cm³/mol. The molecule has 0 unspecified atom stereocenters. The number of hydrogen-bond acceptors (Lipinski definition) is 6. The number of ether oxygens (including phenoxy) is 1. The molecule has 26 heavy (non-hydrogen) atoms. The third kappa shape index (κ3) is 4.50. The first-order chi connectivity index (χ1) is 12.4. The molecule has 2 aromatic carbocycles. The highest BCUT2D eigenvalue weighted by Gasteiger charge is 2.12. The van der Waals surface area contributed by atoms with Crippen LogP contribution in [0, 0.1) is 24.0 Å². The maximum Gasteiger partial charge on any atom is 0.275 e. The fraction of sp³-hybridized carbons (Fsp3) is 0.167. The zero-order valence-electron chi connectivity index (χ0n) is 14.2. The van der Waals surface area contributed by atoms with Crippen LogP contribution in [0.4, 0.5) is 11.4 Å². The standard InChI is InChI=1S/C18H16ClN3O3S/c1-11-3-4-12(2)17(5-11)25-15-7-13(6-14(8-15)22(23)24)20-9-16-10-21-18(19)26-16/h3-8,10,20H,9H2,1-2H3. The number of hydrogen-bond donors (Lipinski definition) is 1. The van der Waals surface area contributed by atoms with Crippen LogP contribution in [0.3, 0.4) is 0 Å². The van der Waals surface area contributed by atoms with Gasteiger partial charge in [0.1, 0.15) is 11.5 Å². The summed E-state index contributed by atoms with van der Waals surface area (Å²) >= 11 is 7.18. The van der Waals surface area contributed by atoms with Gasteiger partial charge in [0.2, 0.25) is 0 Å². The molecule has 0 aliphatic rings. The smallest absolute Gasteiger partial charge is 0.275 e. The summed E-state index contributed by atoms with van der Waals surface area (Å²) in [6, 6.07) is 10.5. The Labute approximate surface area is 159 Å². The summed E-state index contributed by atoms with van der Waals surface area (Å²) in [6.07, 6.45) is 1.67. The van der Waals surface area contributed by atoms with Crippen molar-refractivity contribution in [1.29, 1.82) is 0 Å². The quantitative estimate of drug-likeness (QED) is 0.430. The van der Waals surface area contributed by atoms with Gasteiger partial charge in [0.15, 0.2) is 4.47 Å². The van der Waals surface area contributed by atoms with E-state index in [1.807, 2.05) is 32.0 Å². The first kappa shape index (κ1) is 18.2. The highest BCUT2D eigenvalue weighted by molar-refractivity contribution is 7.15. The lowest BCUT2D eigenvalue weighted by molar-refractivity contribution is -0.384. The SMILES string of the molecule is Cc1ccc(C)c(Oc2cc(NCc3cnc(Cl)s3)cc([N+](=O)[O-])c2)c1. The normalized spacial score (nSPS) is 10.6. The van der Waals surface area contributed by atoms with Crippen LogP contribution in [0.2, 0.25) is 4.47 Å². The van der Waals surface area contributed by atoms with E-state index in [0.29, 0.717) is 28.2 Å². The Hall–Kier alpha value is -2.64. The van der Waals surface area contributed by atoms with Crippen molar-refractivity contribution in [1.82, 2.24) is 4.98 Å². The van der Waals surface area contributed by atoms with Crippen molar-refractivity contribution in [2.24, 2.45) is 0 Å². The summed E-state index contributed by atoms with van der Waals surface area (Å²) < 4.78 is 6.36. The van der Waals surface area contributed by atoms with Crippen LogP contribution in [0.25, 0.3) is 0 Å². The molecule has 1 heterocycles. The molecule has 134 valence electrons. The van der Waals surface area contributed by atoms with Gasteiger partial charge in [-0.3, -0.25) is 10.1 Å². The van der Waals surface area contributed by atoms with Crippen LogP contribution in [-0.2, 0) is 6.54 Å². The number of halogens is 1. The zero-order chi connectivity index (χ0) is 18.7. The number of nitrogens with one attached hydrogen (secondary N) is 1. The van der Waals surface area contributed by atoms with E-state index in [1.54, 1.807) is 12.3 Å². The van der Waals surface area contributed by atoms with Gasteiger partial charge in [-0.2, -0.15) is 0 Å². The Bertz CT molecular complexity index is 959. The summed E-state index contributed by atoms with van der Waals surface area (Å²) in [4.78, 5) is 15.7. The van der Waals surface area contributed by atoms with Crippen molar-refractivity contribution in [2.45, 2.75) is 20.4 Å². The second-order valence-corrected chi connectivity index (χ2v) is 7.47. The van der Waals surface area contributed by atoms with Crippen LogP contribution in [-0.4, -0.2) is 9.91 Å². The minimum absolute atomic E-state index is 0.0438. The third-order valence-electron chi connectivity index (χ3n) is 3.67. The van der Waals surface area contributed by atoms with Gasteiger partial charge in [0.25, 0.3) is 5.69 Å². The molecule has 0 fully saturated rings. The molecule has 1 aromatic heterocycles. The lowest BCUT2D eigenvalue weighted by Crippen LogP contribution is -1.99. The van der Waals surface area contributed by atoms with Crippen molar-refractivity contribution in [3.63, 3.8) is 0 Å². The molecule has 0 aliphatic heterocycles.